The number of allylic oxidation sites excluding steroid dienone is 2. The molecule has 2 unspecified atom stereocenters. The molecule has 21 heavy (non-hydrogen) atoms. The first kappa shape index (κ1) is 13.3. The molecule has 0 aliphatic heterocycles. The molecule has 4 rings (SSSR count). The van der Waals surface area contributed by atoms with Crippen molar-refractivity contribution in [1.29, 1.82) is 0 Å². The molecule has 0 aromatic heterocycles. The molecule has 0 saturated heterocycles. The molecule has 0 radical (unpaired) electrons. The van der Waals surface area contributed by atoms with Crippen LogP contribution in [0.4, 0.5) is 0 Å². The standard InChI is InChI=1S/C20H24O/c1-19(2,3)17-6-4-5-15-16(17)11-20(12-18(15)21)10-13-7-8-14(20)9-13/h4-7,14H,8-12H2,1-3H3. The molecule has 0 heterocycles. The van der Waals surface area contributed by atoms with E-state index in [1.807, 2.05) is 6.07 Å². The number of fused-ring (bicyclic) bond motifs is 4. The summed E-state index contributed by atoms with van der Waals surface area (Å²) in [5, 5.41) is 0. The predicted molar refractivity (Wildman–Crippen MR) is 85.7 cm³/mol. The van der Waals surface area contributed by atoms with Crippen molar-refractivity contribution in [3.8, 4) is 0 Å². The van der Waals surface area contributed by atoms with Gasteiger partial charge in [-0.25, -0.2) is 0 Å². The van der Waals surface area contributed by atoms with Crippen molar-refractivity contribution in [2.45, 2.75) is 58.3 Å². The smallest absolute Gasteiger partial charge is 0.163 e. The number of benzene rings is 1. The van der Waals surface area contributed by atoms with Crippen molar-refractivity contribution < 1.29 is 4.79 Å². The normalized spacial score (nSPS) is 30.7. The lowest BCUT2D eigenvalue weighted by Gasteiger charge is -2.41. The van der Waals surface area contributed by atoms with Crippen molar-refractivity contribution in [3.63, 3.8) is 0 Å². The Balaban J connectivity index is 1.84. The van der Waals surface area contributed by atoms with Gasteiger partial charge in [0.25, 0.3) is 0 Å². The molecule has 1 heteroatoms. The van der Waals surface area contributed by atoms with Gasteiger partial charge in [0.15, 0.2) is 5.78 Å². The second kappa shape index (κ2) is 4.09. The number of Topliss-reactive ketones (excluding diaryl/α,β-unsaturated/α-hetero) is 1. The first-order valence-electron chi connectivity index (χ1n) is 8.23. The number of hydrogen-bond acceptors (Lipinski definition) is 1. The van der Waals surface area contributed by atoms with E-state index in [2.05, 4.69) is 39.0 Å². The highest BCUT2D eigenvalue weighted by Gasteiger charge is 2.51. The second-order valence-corrected chi connectivity index (χ2v) is 8.40. The minimum absolute atomic E-state index is 0.112. The molecule has 2 bridgehead atoms. The lowest BCUT2D eigenvalue weighted by molar-refractivity contribution is 0.0822. The van der Waals surface area contributed by atoms with Crippen LogP contribution in [0.5, 0.6) is 0 Å². The fourth-order valence-electron chi connectivity index (χ4n) is 4.98. The van der Waals surface area contributed by atoms with Gasteiger partial charge in [-0.05, 0) is 53.6 Å². The monoisotopic (exact) mass is 280 g/mol. The van der Waals surface area contributed by atoms with Gasteiger partial charge in [0.2, 0.25) is 0 Å². The van der Waals surface area contributed by atoms with Crippen LogP contribution in [0.2, 0.25) is 0 Å². The minimum atomic E-state index is 0.112. The van der Waals surface area contributed by atoms with Crippen LogP contribution in [0.15, 0.2) is 29.8 Å². The van der Waals surface area contributed by atoms with Crippen LogP contribution in [-0.2, 0) is 11.8 Å². The van der Waals surface area contributed by atoms with Gasteiger partial charge in [-0.15, -0.1) is 0 Å². The summed E-state index contributed by atoms with van der Waals surface area (Å²) >= 11 is 0. The highest BCUT2D eigenvalue weighted by Crippen LogP contribution is 2.58. The summed E-state index contributed by atoms with van der Waals surface area (Å²) in [4.78, 5) is 12.8. The van der Waals surface area contributed by atoms with Crippen molar-refractivity contribution in [1.82, 2.24) is 0 Å². The van der Waals surface area contributed by atoms with Crippen molar-refractivity contribution in [3.05, 3.63) is 46.5 Å². The van der Waals surface area contributed by atoms with E-state index < -0.39 is 0 Å². The lowest BCUT2D eigenvalue weighted by Crippen LogP contribution is -2.37. The Kier molecular flexibility index (Phi) is 2.59. The van der Waals surface area contributed by atoms with Gasteiger partial charge in [0.05, 0.1) is 0 Å². The van der Waals surface area contributed by atoms with E-state index in [-0.39, 0.29) is 10.8 Å². The summed E-state index contributed by atoms with van der Waals surface area (Å²) in [5.41, 5.74) is 5.71. The van der Waals surface area contributed by atoms with E-state index in [0.717, 1.165) is 24.3 Å². The highest BCUT2D eigenvalue weighted by atomic mass is 16.1. The molecule has 1 aromatic carbocycles. The maximum Gasteiger partial charge on any atom is 0.163 e. The molecule has 3 aliphatic rings. The third-order valence-electron chi connectivity index (χ3n) is 5.97. The Labute approximate surface area is 127 Å². The summed E-state index contributed by atoms with van der Waals surface area (Å²) in [6.07, 6.45) is 7.93. The summed E-state index contributed by atoms with van der Waals surface area (Å²) in [6, 6.07) is 6.35. The van der Waals surface area contributed by atoms with E-state index in [1.54, 1.807) is 5.57 Å². The van der Waals surface area contributed by atoms with Gasteiger partial charge in [0, 0.05) is 12.0 Å². The molecule has 0 N–H and O–H groups in total. The Morgan fingerprint density at radius 2 is 1.95 bits per heavy atom. The first-order chi connectivity index (χ1) is 9.89. The zero-order valence-electron chi connectivity index (χ0n) is 13.3. The Morgan fingerprint density at radius 1 is 1.14 bits per heavy atom. The molecular weight excluding hydrogens is 256 g/mol. The Bertz CT molecular complexity index is 659. The molecule has 2 atom stereocenters. The van der Waals surface area contributed by atoms with Crippen LogP contribution in [0.25, 0.3) is 0 Å². The van der Waals surface area contributed by atoms with Crippen LogP contribution in [0, 0.1) is 11.3 Å². The molecule has 110 valence electrons. The fraction of sp³-hybridized carbons (Fsp3) is 0.550. The van der Waals surface area contributed by atoms with Gasteiger partial charge in [-0.2, -0.15) is 0 Å². The minimum Gasteiger partial charge on any atom is -0.294 e. The van der Waals surface area contributed by atoms with Gasteiger partial charge < -0.3 is 0 Å². The van der Waals surface area contributed by atoms with E-state index in [1.165, 1.54) is 30.4 Å². The van der Waals surface area contributed by atoms with Crippen LogP contribution < -0.4 is 0 Å². The van der Waals surface area contributed by atoms with E-state index >= 15 is 0 Å². The van der Waals surface area contributed by atoms with Crippen LogP contribution in [-0.4, -0.2) is 5.78 Å². The topological polar surface area (TPSA) is 17.1 Å². The third kappa shape index (κ3) is 1.86. The van der Waals surface area contributed by atoms with Crippen molar-refractivity contribution in [2.24, 2.45) is 11.3 Å². The molecule has 3 aliphatic carbocycles. The lowest BCUT2D eigenvalue weighted by atomic mass is 9.62. The van der Waals surface area contributed by atoms with Crippen LogP contribution >= 0.6 is 0 Å². The summed E-state index contributed by atoms with van der Waals surface area (Å²) in [5.74, 6) is 1.10. The predicted octanol–water partition coefficient (Wildman–Crippen LogP) is 4.84. The van der Waals surface area contributed by atoms with Crippen molar-refractivity contribution >= 4 is 5.78 Å². The summed E-state index contributed by atoms with van der Waals surface area (Å²) in [7, 11) is 0. The van der Waals surface area contributed by atoms with Gasteiger partial charge in [-0.3, -0.25) is 4.79 Å². The summed E-state index contributed by atoms with van der Waals surface area (Å²) < 4.78 is 0. The van der Waals surface area contributed by atoms with Gasteiger partial charge >= 0.3 is 0 Å². The van der Waals surface area contributed by atoms with Crippen LogP contribution in [0.1, 0.15) is 67.9 Å². The average Bonchev–Trinajstić information content (AvgIpc) is 2.97. The molecule has 1 nitrogen and oxygen atoms in total. The van der Waals surface area contributed by atoms with Gasteiger partial charge in [0.1, 0.15) is 0 Å². The fourth-order valence-corrected chi connectivity index (χ4v) is 4.98. The SMILES string of the molecule is CC(C)(C)c1cccc2c1CC1(CC2=O)CC2=CCC1C2. The average molecular weight is 280 g/mol. The Hall–Kier alpha value is -1.37. The molecule has 1 fully saturated rings. The highest BCUT2D eigenvalue weighted by molar-refractivity contribution is 5.99. The first-order valence-corrected chi connectivity index (χ1v) is 8.23. The van der Waals surface area contributed by atoms with Crippen LogP contribution in [0.3, 0.4) is 0 Å². The largest absolute Gasteiger partial charge is 0.294 e. The zero-order valence-corrected chi connectivity index (χ0v) is 13.3. The molecular formula is C20H24O. The molecule has 1 aromatic rings. The molecule has 1 saturated carbocycles. The number of carbonyl (C=O) groups excluding carboxylic acids is 1. The van der Waals surface area contributed by atoms with E-state index in [4.69, 9.17) is 0 Å². The molecule has 0 amide bonds. The van der Waals surface area contributed by atoms with E-state index in [0.29, 0.717) is 5.78 Å². The summed E-state index contributed by atoms with van der Waals surface area (Å²) in [6.45, 7) is 6.78. The van der Waals surface area contributed by atoms with Crippen molar-refractivity contribution in [2.75, 3.05) is 0 Å². The van der Waals surface area contributed by atoms with E-state index in [9.17, 15) is 4.79 Å². The number of ketones is 1. The number of rotatable bonds is 0. The maximum atomic E-state index is 12.8. The second-order valence-electron chi connectivity index (χ2n) is 8.40. The van der Waals surface area contributed by atoms with Gasteiger partial charge in [-0.1, -0.05) is 50.6 Å². The third-order valence-corrected chi connectivity index (χ3v) is 5.97. The molecule has 1 spiro atoms. The quantitative estimate of drug-likeness (QED) is 0.621. The Morgan fingerprint density at radius 3 is 2.57 bits per heavy atom. The maximum absolute atomic E-state index is 12.8. The number of carbonyl (C=O) groups is 1. The number of hydrogen-bond donors (Lipinski definition) is 0. The zero-order chi connectivity index (χ0) is 14.8.